The quantitative estimate of drug-likeness (QED) is 0.682. The normalized spacial score (nSPS) is 10.2. The molecular weight excluding hydrogens is 184 g/mol. The third-order valence-corrected chi connectivity index (χ3v) is 2.66. The van der Waals surface area contributed by atoms with E-state index >= 15 is 0 Å². The molecule has 2 aromatic heterocycles. The molecule has 13 heavy (non-hydrogen) atoms. The van der Waals surface area contributed by atoms with E-state index in [1.807, 2.05) is 24.7 Å². The molecule has 0 aliphatic rings. The van der Waals surface area contributed by atoms with Crippen molar-refractivity contribution in [3.05, 3.63) is 28.7 Å². The van der Waals surface area contributed by atoms with Crippen LogP contribution in [-0.2, 0) is 7.05 Å². The van der Waals surface area contributed by atoms with Gasteiger partial charge in [-0.05, 0) is 11.4 Å². The lowest BCUT2D eigenvalue weighted by Gasteiger charge is -1.91. The van der Waals surface area contributed by atoms with Gasteiger partial charge < -0.3 is 0 Å². The number of aromatic nitrogens is 2. The maximum atomic E-state index is 10.7. The molecule has 2 heterocycles. The highest BCUT2D eigenvalue weighted by Gasteiger charge is 2.06. The van der Waals surface area contributed by atoms with Gasteiger partial charge in [0, 0.05) is 24.4 Å². The Labute approximate surface area is 79.6 Å². The van der Waals surface area contributed by atoms with Crippen LogP contribution in [-0.4, -0.2) is 16.1 Å². The molecule has 3 nitrogen and oxygen atoms in total. The molecule has 0 spiro atoms. The van der Waals surface area contributed by atoms with Crippen molar-refractivity contribution >= 4 is 17.6 Å². The van der Waals surface area contributed by atoms with Gasteiger partial charge in [-0.15, -0.1) is 11.3 Å². The van der Waals surface area contributed by atoms with Crippen LogP contribution in [0.15, 0.2) is 23.8 Å². The van der Waals surface area contributed by atoms with E-state index in [1.165, 1.54) is 11.3 Å². The number of aldehydes is 1. The summed E-state index contributed by atoms with van der Waals surface area (Å²) in [5.41, 5.74) is 1.96. The molecule has 0 radical (unpaired) electrons. The maximum Gasteiger partial charge on any atom is 0.160 e. The van der Waals surface area contributed by atoms with Crippen LogP contribution in [0.1, 0.15) is 9.67 Å². The molecule has 4 heteroatoms. The minimum atomic E-state index is 0.757. The van der Waals surface area contributed by atoms with Crippen molar-refractivity contribution in [1.82, 2.24) is 9.78 Å². The fourth-order valence-corrected chi connectivity index (χ4v) is 1.93. The predicted molar refractivity (Wildman–Crippen MR) is 51.9 cm³/mol. The number of carbonyl (C=O) groups is 1. The Kier molecular flexibility index (Phi) is 1.98. The van der Waals surface area contributed by atoms with Gasteiger partial charge in [-0.1, -0.05) is 0 Å². The minimum absolute atomic E-state index is 0.757. The second kappa shape index (κ2) is 3.14. The van der Waals surface area contributed by atoms with Crippen molar-refractivity contribution < 1.29 is 4.79 Å². The van der Waals surface area contributed by atoms with Crippen LogP contribution in [0, 0.1) is 0 Å². The highest BCUT2D eigenvalue weighted by molar-refractivity contribution is 7.12. The van der Waals surface area contributed by atoms with Gasteiger partial charge in [0.25, 0.3) is 0 Å². The van der Waals surface area contributed by atoms with E-state index in [1.54, 1.807) is 10.9 Å². The van der Waals surface area contributed by atoms with Gasteiger partial charge in [-0.2, -0.15) is 5.10 Å². The van der Waals surface area contributed by atoms with Crippen molar-refractivity contribution in [1.29, 1.82) is 0 Å². The number of nitrogens with zero attached hydrogens (tertiary/aromatic N) is 2. The lowest BCUT2D eigenvalue weighted by molar-refractivity contribution is 0.112. The summed E-state index contributed by atoms with van der Waals surface area (Å²) in [5.74, 6) is 0. The number of hydrogen-bond acceptors (Lipinski definition) is 3. The van der Waals surface area contributed by atoms with Crippen LogP contribution in [0.25, 0.3) is 11.1 Å². The number of aryl methyl sites for hydroxylation is 1. The number of thiophene rings is 1. The minimum Gasteiger partial charge on any atom is -0.297 e. The Morgan fingerprint density at radius 3 is 3.08 bits per heavy atom. The average Bonchev–Trinajstić information content (AvgIpc) is 2.71. The third-order valence-electron chi connectivity index (χ3n) is 1.82. The maximum absolute atomic E-state index is 10.7. The fourth-order valence-electron chi connectivity index (χ4n) is 1.21. The van der Waals surface area contributed by atoms with Gasteiger partial charge >= 0.3 is 0 Å². The van der Waals surface area contributed by atoms with Crippen LogP contribution in [0.2, 0.25) is 0 Å². The molecule has 0 saturated heterocycles. The molecule has 0 aromatic carbocycles. The van der Waals surface area contributed by atoms with Gasteiger partial charge in [0.15, 0.2) is 6.29 Å². The number of hydrogen-bond donors (Lipinski definition) is 0. The first-order valence-corrected chi connectivity index (χ1v) is 4.71. The van der Waals surface area contributed by atoms with Crippen molar-refractivity contribution in [3.63, 3.8) is 0 Å². The Morgan fingerprint density at radius 2 is 2.46 bits per heavy atom. The molecule has 2 rings (SSSR count). The number of carbonyl (C=O) groups excluding carboxylic acids is 1. The molecule has 0 N–H and O–H groups in total. The molecular formula is C9H8N2OS. The van der Waals surface area contributed by atoms with Crippen molar-refractivity contribution in [2.24, 2.45) is 7.05 Å². The second-order valence-corrected chi connectivity index (χ2v) is 3.67. The van der Waals surface area contributed by atoms with Crippen molar-refractivity contribution in [2.75, 3.05) is 0 Å². The third kappa shape index (κ3) is 1.40. The molecule has 0 fully saturated rings. The first-order valence-electron chi connectivity index (χ1n) is 3.83. The second-order valence-electron chi connectivity index (χ2n) is 2.72. The zero-order valence-corrected chi connectivity index (χ0v) is 7.91. The summed E-state index contributed by atoms with van der Waals surface area (Å²) in [6.45, 7) is 0. The van der Waals surface area contributed by atoms with Crippen LogP contribution in [0.3, 0.4) is 0 Å². The SMILES string of the molecule is Cn1cc(-c2ccsc2C=O)cn1. The van der Waals surface area contributed by atoms with E-state index < -0.39 is 0 Å². The van der Waals surface area contributed by atoms with Gasteiger partial charge in [-0.25, -0.2) is 0 Å². The topological polar surface area (TPSA) is 34.9 Å². The van der Waals surface area contributed by atoms with E-state index in [0.29, 0.717) is 0 Å². The summed E-state index contributed by atoms with van der Waals surface area (Å²) in [6, 6.07) is 1.94. The molecule has 0 unspecified atom stereocenters. The Balaban J connectivity index is 2.51. The molecule has 2 aromatic rings. The molecule has 0 aliphatic heterocycles. The highest BCUT2D eigenvalue weighted by Crippen LogP contribution is 2.25. The fraction of sp³-hybridized carbons (Fsp3) is 0.111. The van der Waals surface area contributed by atoms with Gasteiger partial charge in [0.1, 0.15) is 0 Å². The summed E-state index contributed by atoms with van der Waals surface area (Å²) in [4.78, 5) is 11.4. The number of rotatable bonds is 2. The molecule has 0 saturated carbocycles. The van der Waals surface area contributed by atoms with E-state index in [-0.39, 0.29) is 0 Å². The smallest absolute Gasteiger partial charge is 0.160 e. The van der Waals surface area contributed by atoms with E-state index in [2.05, 4.69) is 5.10 Å². The van der Waals surface area contributed by atoms with Crippen LogP contribution in [0.5, 0.6) is 0 Å². The first kappa shape index (κ1) is 8.19. The predicted octanol–water partition coefficient (Wildman–Crippen LogP) is 1.96. The molecule has 0 amide bonds. The molecule has 0 aliphatic carbocycles. The zero-order valence-electron chi connectivity index (χ0n) is 7.10. The lowest BCUT2D eigenvalue weighted by atomic mass is 10.1. The largest absolute Gasteiger partial charge is 0.297 e. The van der Waals surface area contributed by atoms with Crippen molar-refractivity contribution in [2.45, 2.75) is 0 Å². The highest BCUT2D eigenvalue weighted by atomic mass is 32.1. The Hall–Kier alpha value is -1.42. The summed E-state index contributed by atoms with van der Waals surface area (Å²) < 4.78 is 1.72. The first-order chi connectivity index (χ1) is 6.31. The van der Waals surface area contributed by atoms with Crippen LogP contribution >= 0.6 is 11.3 Å². The van der Waals surface area contributed by atoms with E-state index in [0.717, 1.165) is 22.3 Å². The van der Waals surface area contributed by atoms with E-state index in [4.69, 9.17) is 0 Å². The van der Waals surface area contributed by atoms with Gasteiger partial charge in [0.05, 0.1) is 11.1 Å². The van der Waals surface area contributed by atoms with Crippen LogP contribution in [0.4, 0.5) is 0 Å². The zero-order chi connectivity index (χ0) is 9.26. The summed E-state index contributed by atoms with van der Waals surface area (Å²) in [5, 5.41) is 5.96. The Morgan fingerprint density at radius 1 is 1.62 bits per heavy atom. The summed E-state index contributed by atoms with van der Waals surface area (Å²) in [7, 11) is 1.86. The molecule has 0 atom stereocenters. The monoisotopic (exact) mass is 192 g/mol. The lowest BCUT2D eigenvalue weighted by Crippen LogP contribution is -1.84. The molecule has 66 valence electrons. The summed E-state index contributed by atoms with van der Waals surface area (Å²) in [6.07, 6.45) is 4.54. The summed E-state index contributed by atoms with van der Waals surface area (Å²) >= 11 is 1.45. The standard InChI is InChI=1S/C9H8N2OS/c1-11-5-7(4-10-11)8-2-3-13-9(8)6-12/h2-6H,1H3. The van der Waals surface area contributed by atoms with Crippen LogP contribution < -0.4 is 0 Å². The van der Waals surface area contributed by atoms with Gasteiger partial charge in [0.2, 0.25) is 0 Å². The average molecular weight is 192 g/mol. The molecule has 0 bridgehead atoms. The van der Waals surface area contributed by atoms with Crippen molar-refractivity contribution in [3.8, 4) is 11.1 Å². The van der Waals surface area contributed by atoms with E-state index in [9.17, 15) is 4.79 Å². The van der Waals surface area contributed by atoms with Gasteiger partial charge in [-0.3, -0.25) is 9.48 Å². The Bertz CT molecular complexity index is 430.